The summed E-state index contributed by atoms with van der Waals surface area (Å²) in [7, 11) is 0. The van der Waals surface area contributed by atoms with Crippen LogP contribution in [-0.4, -0.2) is 27.1 Å². The van der Waals surface area contributed by atoms with Crippen LogP contribution in [-0.2, 0) is 6.54 Å². The number of nitrogens with zero attached hydrogens (tertiary/aromatic N) is 2. The lowest BCUT2D eigenvalue weighted by atomic mass is 10.2. The Labute approximate surface area is 101 Å². The minimum atomic E-state index is 0.158. The molecule has 0 spiro atoms. The monoisotopic (exact) mass is 233 g/mol. The molecule has 2 rings (SSSR count). The SMILES string of the molecule is CCC(CO)NCc1cnc2c(C)cccn12. The van der Waals surface area contributed by atoms with E-state index < -0.39 is 0 Å². The van der Waals surface area contributed by atoms with E-state index in [1.54, 1.807) is 0 Å². The molecule has 0 radical (unpaired) electrons. The first kappa shape index (κ1) is 12.1. The van der Waals surface area contributed by atoms with Gasteiger partial charge in [0.1, 0.15) is 5.65 Å². The van der Waals surface area contributed by atoms with Gasteiger partial charge in [-0.15, -0.1) is 0 Å². The normalized spacial score (nSPS) is 13.1. The number of fused-ring (bicyclic) bond motifs is 1. The van der Waals surface area contributed by atoms with Crippen molar-refractivity contribution in [1.29, 1.82) is 0 Å². The zero-order chi connectivity index (χ0) is 12.3. The molecule has 2 N–H and O–H groups in total. The van der Waals surface area contributed by atoms with Gasteiger partial charge in [-0.1, -0.05) is 13.0 Å². The van der Waals surface area contributed by atoms with Crippen LogP contribution in [0.1, 0.15) is 24.6 Å². The van der Waals surface area contributed by atoms with Gasteiger partial charge >= 0.3 is 0 Å². The van der Waals surface area contributed by atoms with Crippen LogP contribution in [0.15, 0.2) is 24.5 Å². The number of aliphatic hydroxyl groups is 1. The zero-order valence-corrected chi connectivity index (χ0v) is 10.3. The number of imidazole rings is 1. The van der Waals surface area contributed by atoms with Gasteiger partial charge in [-0.25, -0.2) is 4.98 Å². The number of aliphatic hydroxyl groups excluding tert-OH is 1. The first-order valence-corrected chi connectivity index (χ1v) is 6.02. The highest BCUT2D eigenvalue weighted by Gasteiger charge is 2.07. The molecule has 0 bridgehead atoms. The third kappa shape index (κ3) is 2.48. The molecular weight excluding hydrogens is 214 g/mol. The highest BCUT2D eigenvalue weighted by molar-refractivity contribution is 5.48. The van der Waals surface area contributed by atoms with Crippen molar-refractivity contribution in [2.75, 3.05) is 6.61 Å². The van der Waals surface area contributed by atoms with Crippen molar-refractivity contribution in [3.8, 4) is 0 Å². The number of aromatic nitrogens is 2. The molecule has 4 nitrogen and oxygen atoms in total. The minimum Gasteiger partial charge on any atom is -0.395 e. The topological polar surface area (TPSA) is 49.6 Å². The van der Waals surface area contributed by atoms with Gasteiger partial charge in [0.05, 0.1) is 18.5 Å². The lowest BCUT2D eigenvalue weighted by molar-refractivity contribution is 0.238. The van der Waals surface area contributed by atoms with Crippen LogP contribution in [0.3, 0.4) is 0 Å². The molecule has 2 heterocycles. The highest BCUT2D eigenvalue weighted by Crippen LogP contribution is 2.11. The van der Waals surface area contributed by atoms with Crippen molar-refractivity contribution < 1.29 is 5.11 Å². The van der Waals surface area contributed by atoms with E-state index in [1.165, 1.54) is 5.56 Å². The number of pyridine rings is 1. The molecular formula is C13H19N3O. The van der Waals surface area contributed by atoms with Crippen LogP contribution in [0.5, 0.6) is 0 Å². The molecule has 0 fully saturated rings. The fraction of sp³-hybridized carbons (Fsp3) is 0.462. The van der Waals surface area contributed by atoms with Crippen LogP contribution in [0, 0.1) is 6.92 Å². The molecule has 1 atom stereocenters. The van der Waals surface area contributed by atoms with E-state index in [1.807, 2.05) is 18.5 Å². The number of hydrogen-bond acceptors (Lipinski definition) is 3. The summed E-state index contributed by atoms with van der Waals surface area (Å²) in [6.45, 7) is 5.02. The third-order valence-electron chi connectivity index (χ3n) is 3.09. The predicted molar refractivity (Wildman–Crippen MR) is 67.9 cm³/mol. The van der Waals surface area contributed by atoms with Gasteiger partial charge in [-0.3, -0.25) is 0 Å². The Morgan fingerprint density at radius 3 is 3.06 bits per heavy atom. The van der Waals surface area contributed by atoms with Gasteiger partial charge in [0, 0.05) is 18.8 Å². The van der Waals surface area contributed by atoms with Crippen molar-refractivity contribution in [3.05, 3.63) is 35.8 Å². The highest BCUT2D eigenvalue weighted by atomic mass is 16.3. The maximum atomic E-state index is 9.13. The molecule has 0 saturated carbocycles. The lowest BCUT2D eigenvalue weighted by Gasteiger charge is -2.13. The van der Waals surface area contributed by atoms with Crippen LogP contribution in [0.25, 0.3) is 5.65 Å². The zero-order valence-electron chi connectivity index (χ0n) is 10.3. The second kappa shape index (κ2) is 5.29. The average Bonchev–Trinajstić information content (AvgIpc) is 2.75. The summed E-state index contributed by atoms with van der Waals surface area (Å²) in [6.07, 6.45) is 4.83. The Morgan fingerprint density at radius 1 is 1.53 bits per heavy atom. The summed E-state index contributed by atoms with van der Waals surface area (Å²) < 4.78 is 2.09. The first-order valence-electron chi connectivity index (χ1n) is 6.02. The fourth-order valence-electron chi connectivity index (χ4n) is 1.92. The minimum absolute atomic E-state index is 0.158. The average molecular weight is 233 g/mol. The van der Waals surface area contributed by atoms with Gasteiger partial charge < -0.3 is 14.8 Å². The van der Waals surface area contributed by atoms with Crippen molar-refractivity contribution in [1.82, 2.24) is 14.7 Å². The number of nitrogens with one attached hydrogen (secondary N) is 1. The number of rotatable bonds is 5. The Morgan fingerprint density at radius 2 is 2.35 bits per heavy atom. The van der Waals surface area contributed by atoms with E-state index in [9.17, 15) is 0 Å². The molecule has 2 aromatic heterocycles. The molecule has 2 aromatic rings. The van der Waals surface area contributed by atoms with Crippen LogP contribution in [0.4, 0.5) is 0 Å². The predicted octanol–water partition coefficient (Wildman–Crippen LogP) is 1.50. The summed E-state index contributed by atoms with van der Waals surface area (Å²) in [5.41, 5.74) is 3.30. The van der Waals surface area contributed by atoms with Gasteiger partial charge in [-0.2, -0.15) is 0 Å². The smallest absolute Gasteiger partial charge is 0.139 e. The molecule has 1 unspecified atom stereocenters. The van der Waals surface area contributed by atoms with Crippen LogP contribution >= 0.6 is 0 Å². The molecule has 0 amide bonds. The van der Waals surface area contributed by atoms with E-state index >= 15 is 0 Å². The molecule has 17 heavy (non-hydrogen) atoms. The van der Waals surface area contributed by atoms with Crippen molar-refractivity contribution in [2.45, 2.75) is 32.9 Å². The maximum absolute atomic E-state index is 9.13. The van der Waals surface area contributed by atoms with Crippen molar-refractivity contribution in [2.24, 2.45) is 0 Å². The fourth-order valence-corrected chi connectivity index (χ4v) is 1.92. The Balaban J connectivity index is 2.17. The molecule has 0 aliphatic heterocycles. The van der Waals surface area contributed by atoms with Crippen molar-refractivity contribution in [3.63, 3.8) is 0 Å². The second-order valence-corrected chi connectivity index (χ2v) is 4.30. The van der Waals surface area contributed by atoms with Crippen LogP contribution in [0.2, 0.25) is 0 Å². The second-order valence-electron chi connectivity index (χ2n) is 4.30. The molecule has 92 valence electrons. The summed E-state index contributed by atoms with van der Waals surface area (Å²) >= 11 is 0. The summed E-state index contributed by atoms with van der Waals surface area (Å²) in [6, 6.07) is 4.24. The van der Waals surface area contributed by atoms with E-state index in [2.05, 4.69) is 34.6 Å². The number of aryl methyl sites for hydroxylation is 1. The Hall–Kier alpha value is -1.39. The summed E-state index contributed by atoms with van der Waals surface area (Å²) in [5, 5.41) is 12.4. The van der Waals surface area contributed by atoms with Gasteiger partial charge in [0.15, 0.2) is 0 Å². The molecule has 4 heteroatoms. The van der Waals surface area contributed by atoms with Gasteiger partial charge in [-0.05, 0) is 25.0 Å². The Bertz CT molecular complexity index is 488. The van der Waals surface area contributed by atoms with E-state index in [0.29, 0.717) is 0 Å². The third-order valence-corrected chi connectivity index (χ3v) is 3.09. The molecule has 0 aliphatic rings. The molecule has 0 aliphatic carbocycles. The number of hydrogen-bond donors (Lipinski definition) is 2. The standard InChI is InChI=1S/C13H19N3O/c1-3-11(9-17)14-7-12-8-15-13-10(2)5-4-6-16(12)13/h4-6,8,11,14,17H,3,7,9H2,1-2H3. The molecule has 0 aromatic carbocycles. The molecule has 0 saturated heterocycles. The Kier molecular flexibility index (Phi) is 3.76. The van der Waals surface area contributed by atoms with Crippen LogP contribution < -0.4 is 5.32 Å². The van der Waals surface area contributed by atoms with Gasteiger partial charge in [0.25, 0.3) is 0 Å². The summed E-state index contributed by atoms with van der Waals surface area (Å²) in [5.74, 6) is 0. The van der Waals surface area contributed by atoms with E-state index in [4.69, 9.17) is 5.11 Å². The maximum Gasteiger partial charge on any atom is 0.139 e. The van der Waals surface area contributed by atoms with Crippen molar-refractivity contribution >= 4 is 5.65 Å². The summed E-state index contributed by atoms with van der Waals surface area (Å²) in [4.78, 5) is 4.41. The van der Waals surface area contributed by atoms with E-state index in [0.717, 1.165) is 24.3 Å². The van der Waals surface area contributed by atoms with E-state index in [-0.39, 0.29) is 12.6 Å². The van der Waals surface area contributed by atoms with Gasteiger partial charge in [0.2, 0.25) is 0 Å². The quantitative estimate of drug-likeness (QED) is 0.823. The first-order chi connectivity index (χ1) is 8.26. The largest absolute Gasteiger partial charge is 0.395 e. The lowest BCUT2D eigenvalue weighted by Crippen LogP contribution is -2.31.